The number of hydrogen-bond donors (Lipinski definition) is 1. The molecule has 7 heteroatoms. The lowest BCUT2D eigenvalue weighted by atomic mass is 10.1. The second-order valence-electron chi connectivity index (χ2n) is 6.60. The molecule has 0 saturated heterocycles. The summed E-state index contributed by atoms with van der Waals surface area (Å²) < 4.78 is 1.87. The van der Waals surface area contributed by atoms with Crippen LogP contribution in [0.15, 0.2) is 47.5 Å². The summed E-state index contributed by atoms with van der Waals surface area (Å²) in [4.78, 5) is 38.7. The van der Waals surface area contributed by atoms with Gasteiger partial charge in [-0.3, -0.25) is 9.59 Å². The molecule has 0 spiro atoms. The summed E-state index contributed by atoms with van der Waals surface area (Å²) >= 11 is 0. The Bertz CT molecular complexity index is 1020. The van der Waals surface area contributed by atoms with E-state index in [1.165, 1.54) is 0 Å². The van der Waals surface area contributed by atoms with Gasteiger partial charge in [-0.15, -0.1) is 0 Å². The molecule has 1 aliphatic rings. The summed E-state index contributed by atoms with van der Waals surface area (Å²) in [7, 11) is 0. The highest BCUT2D eigenvalue weighted by atomic mass is 16.2. The van der Waals surface area contributed by atoms with Crippen molar-refractivity contribution in [3.63, 3.8) is 0 Å². The molecule has 1 aliphatic heterocycles. The molecule has 0 unspecified atom stereocenters. The van der Waals surface area contributed by atoms with E-state index in [0.29, 0.717) is 36.6 Å². The van der Waals surface area contributed by atoms with E-state index in [4.69, 9.17) is 0 Å². The number of rotatable bonds is 4. The second kappa shape index (κ2) is 7.19. The molecule has 1 N–H and O–H groups in total. The van der Waals surface area contributed by atoms with Gasteiger partial charge in [0.15, 0.2) is 0 Å². The van der Waals surface area contributed by atoms with Crippen molar-refractivity contribution in [2.75, 3.05) is 6.54 Å². The molecule has 3 heterocycles. The number of benzene rings is 1. The van der Waals surface area contributed by atoms with Gasteiger partial charge in [0.2, 0.25) is 5.91 Å². The fourth-order valence-electron chi connectivity index (χ4n) is 3.43. The van der Waals surface area contributed by atoms with Crippen LogP contribution in [0, 0.1) is 0 Å². The number of amides is 1. The molecule has 0 radical (unpaired) electrons. The van der Waals surface area contributed by atoms with E-state index in [0.717, 1.165) is 17.8 Å². The van der Waals surface area contributed by atoms with E-state index in [-0.39, 0.29) is 18.0 Å². The molecule has 1 amide bonds. The van der Waals surface area contributed by atoms with Crippen LogP contribution in [0.4, 0.5) is 0 Å². The molecule has 27 heavy (non-hydrogen) atoms. The Balaban J connectivity index is 1.58. The lowest BCUT2D eigenvalue weighted by Crippen LogP contribution is -2.40. The van der Waals surface area contributed by atoms with Crippen molar-refractivity contribution in [2.45, 2.75) is 32.9 Å². The summed E-state index contributed by atoms with van der Waals surface area (Å²) in [6, 6.07) is 9.53. The third-order valence-electron chi connectivity index (χ3n) is 4.90. The van der Waals surface area contributed by atoms with Crippen molar-refractivity contribution in [3.8, 4) is 11.4 Å². The first-order valence-corrected chi connectivity index (χ1v) is 9.11. The maximum Gasteiger partial charge on any atom is 0.254 e. The maximum absolute atomic E-state index is 12.7. The molecule has 7 nitrogen and oxygen atoms in total. The highest BCUT2D eigenvalue weighted by Crippen LogP contribution is 2.19. The van der Waals surface area contributed by atoms with Crippen LogP contribution in [-0.4, -0.2) is 36.9 Å². The summed E-state index contributed by atoms with van der Waals surface area (Å²) in [5.41, 5.74) is 2.09. The molecule has 1 aromatic carbocycles. The lowest BCUT2D eigenvalue weighted by Gasteiger charge is -2.28. The number of aromatic nitrogens is 4. The van der Waals surface area contributed by atoms with Crippen molar-refractivity contribution >= 4 is 5.91 Å². The van der Waals surface area contributed by atoms with Gasteiger partial charge in [-0.2, -0.15) is 0 Å². The Morgan fingerprint density at radius 2 is 2.07 bits per heavy atom. The summed E-state index contributed by atoms with van der Waals surface area (Å²) in [5, 5.41) is 0. The van der Waals surface area contributed by atoms with Gasteiger partial charge in [-0.25, -0.2) is 9.97 Å². The Morgan fingerprint density at radius 1 is 1.26 bits per heavy atom. The van der Waals surface area contributed by atoms with Gasteiger partial charge in [-0.05, 0) is 6.42 Å². The van der Waals surface area contributed by atoms with Gasteiger partial charge in [-0.1, -0.05) is 37.3 Å². The average molecular weight is 363 g/mol. The summed E-state index contributed by atoms with van der Waals surface area (Å²) in [6.45, 7) is 3.15. The number of carbonyl (C=O) groups is 1. The quantitative estimate of drug-likeness (QED) is 0.766. The largest absolute Gasteiger partial charge is 0.335 e. The predicted molar refractivity (Wildman–Crippen MR) is 101 cm³/mol. The Hall–Kier alpha value is -3.22. The van der Waals surface area contributed by atoms with Crippen LogP contribution in [0.1, 0.15) is 24.0 Å². The van der Waals surface area contributed by atoms with Crippen molar-refractivity contribution in [2.24, 2.45) is 0 Å². The zero-order chi connectivity index (χ0) is 18.8. The molecule has 2 aromatic heterocycles. The third kappa shape index (κ3) is 3.40. The van der Waals surface area contributed by atoms with Crippen LogP contribution in [0.2, 0.25) is 0 Å². The Morgan fingerprint density at radius 3 is 2.85 bits per heavy atom. The number of nitrogens with one attached hydrogen (secondary N) is 1. The van der Waals surface area contributed by atoms with E-state index in [1.807, 2.05) is 48.0 Å². The first-order valence-electron chi connectivity index (χ1n) is 9.11. The van der Waals surface area contributed by atoms with Gasteiger partial charge in [0.25, 0.3) is 5.56 Å². The molecular formula is C20H21N5O2. The average Bonchev–Trinajstić information content (AvgIpc) is 3.15. The number of hydrogen-bond acceptors (Lipinski definition) is 4. The highest BCUT2D eigenvalue weighted by molar-refractivity contribution is 5.76. The maximum atomic E-state index is 12.7. The van der Waals surface area contributed by atoms with Crippen molar-refractivity contribution in [3.05, 3.63) is 70.2 Å². The first-order chi connectivity index (χ1) is 13.2. The van der Waals surface area contributed by atoms with Gasteiger partial charge in [0.1, 0.15) is 18.2 Å². The zero-order valence-corrected chi connectivity index (χ0v) is 15.2. The molecule has 138 valence electrons. The van der Waals surface area contributed by atoms with Crippen molar-refractivity contribution in [1.82, 2.24) is 24.4 Å². The summed E-state index contributed by atoms with van der Waals surface area (Å²) in [5.74, 6) is 1.44. The molecule has 4 rings (SSSR count). The van der Waals surface area contributed by atoms with Crippen LogP contribution in [0.5, 0.6) is 0 Å². The SMILES string of the molecule is CCc1nccn1CC(=O)N1CCc2c(nc(-c3ccccc3)[nH]c2=O)C1. The number of nitrogens with zero attached hydrogens (tertiary/aromatic N) is 4. The lowest BCUT2D eigenvalue weighted by molar-refractivity contribution is -0.132. The molecule has 3 aromatic rings. The van der Waals surface area contributed by atoms with Gasteiger partial charge >= 0.3 is 0 Å². The Kier molecular flexibility index (Phi) is 4.58. The standard InChI is InChI=1S/C20H21N5O2/c1-2-17-21-9-11-24(17)13-18(26)25-10-8-15-16(12-25)22-19(23-20(15)27)14-6-4-3-5-7-14/h3-7,9,11H,2,8,10,12-13H2,1H3,(H,22,23,27). The van der Waals surface area contributed by atoms with Gasteiger partial charge in [0.05, 0.1) is 12.2 Å². The smallest absolute Gasteiger partial charge is 0.254 e. The van der Waals surface area contributed by atoms with Crippen LogP contribution in [0.3, 0.4) is 0 Å². The van der Waals surface area contributed by atoms with Crippen LogP contribution in [0.25, 0.3) is 11.4 Å². The van der Waals surface area contributed by atoms with Crippen LogP contribution < -0.4 is 5.56 Å². The molecular weight excluding hydrogens is 342 g/mol. The van der Waals surface area contributed by atoms with Crippen molar-refractivity contribution in [1.29, 1.82) is 0 Å². The highest BCUT2D eigenvalue weighted by Gasteiger charge is 2.25. The number of aryl methyl sites for hydroxylation is 1. The molecule has 0 saturated carbocycles. The fourth-order valence-corrected chi connectivity index (χ4v) is 3.43. The van der Waals surface area contributed by atoms with Crippen molar-refractivity contribution < 1.29 is 4.79 Å². The number of H-pyrrole nitrogens is 1. The fraction of sp³-hybridized carbons (Fsp3) is 0.300. The predicted octanol–water partition coefficient (Wildman–Crippen LogP) is 1.78. The number of aromatic amines is 1. The zero-order valence-electron chi connectivity index (χ0n) is 15.2. The second-order valence-corrected chi connectivity index (χ2v) is 6.60. The first kappa shape index (κ1) is 17.2. The topological polar surface area (TPSA) is 83.9 Å². The van der Waals surface area contributed by atoms with E-state index < -0.39 is 0 Å². The molecule has 0 aliphatic carbocycles. The van der Waals surface area contributed by atoms with E-state index in [9.17, 15) is 9.59 Å². The Labute approximate surface area is 156 Å². The van der Waals surface area contributed by atoms with Gasteiger partial charge < -0.3 is 14.5 Å². The molecule has 0 fully saturated rings. The van der Waals surface area contributed by atoms with Crippen LogP contribution >= 0.6 is 0 Å². The monoisotopic (exact) mass is 363 g/mol. The molecule has 0 bridgehead atoms. The normalized spacial score (nSPS) is 13.4. The van der Waals surface area contributed by atoms with E-state index in [2.05, 4.69) is 15.0 Å². The van der Waals surface area contributed by atoms with E-state index >= 15 is 0 Å². The summed E-state index contributed by atoms with van der Waals surface area (Å²) in [6.07, 6.45) is 4.83. The third-order valence-corrected chi connectivity index (χ3v) is 4.90. The van der Waals surface area contributed by atoms with Gasteiger partial charge in [0, 0.05) is 36.5 Å². The number of carbonyl (C=O) groups excluding carboxylic acids is 1. The minimum atomic E-state index is -0.117. The minimum absolute atomic E-state index is 0.0108. The number of fused-ring (bicyclic) bond motifs is 1. The number of imidazole rings is 1. The van der Waals surface area contributed by atoms with Crippen LogP contribution in [-0.2, 0) is 30.7 Å². The van der Waals surface area contributed by atoms with E-state index in [1.54, 1.807) is 11.1 Å². The molecule has 0 atom stereocenters. The minimum Gasteiger partial charge on any atom is -0.335 e.